The molecule has 0 aliphatic rings. The number of aromatic nitrogens is 3. The molecule has 3 rings (SSSR count). The predicted octanol–water partition coefficient (Wildman–Crippen LogP) is 2.81. The van der Waals surface area contributed by atoms with Crippen molar-refractivity contribution in [1.29, 1.82) is 0 Å². The van der Waals surface area contributed by atoms with Gasteiger partial charge in [0.05, 0.1) is 12.7 Å². The summed E-state index contributed by atoms with van der Waals surface area (Å²) < 4.78 is 6.72. The summed E-state index contributed by atoms with van der Waals surface area (Å²) in [4.78, 5) is 11.7. The van der Waals surface area contributed by atoms with Gasteiger partial charge in [0, 0.05) is 11.9 Å². The van der Waals surface area contributed by atoms with E-state index in [0.29, 0.717) is 11.3 Å². The summed E-state index contributed by atoms with van der Waals surface area (Å²) in [6, 6.07) is 13.2. The molecule has 3 aromatic rings. The lowest BCUT2D eigenvalue weighted by Crippen LogP contribution is -2.04. The number of carbonyl (C=O) groups excluding carboxylic acids is 1. The molecule has 0 N–H and O–H groups in total. The normalized spacial score (nSPS) is 10.7. The van der Waals surface area contributed by atoms with Gasteiger partial charge in [0.2, 0.25) is 0 Å². The fourth-order valence-corrected chi connectivity index (χ4v) is 2.94. The molecule has 2 heterocycles. The summed E-state index contributed by atoms with van der Waals surface area (Å²) >= 11 is 1.53. The van der Waals surface area contributed by atoms with E-state index in [1.165, 1.54) is 18.9 Å². The molecular formula is C15H13N3O2S. The average Bonchev–Trinajstić information content (AvgIpc) is 2.96. The summed E-state index contributed by atoms with van der Waals surface area (Å²) in [5.74, 6) is 0.304. The second kappa shape index (κ2) is 5.97. The molecule has 21 heavy (non-hydrogen) atoms. The van der Waals surface area contributed by atoms with Crippen LogP contribution in [0.25, 0.3) is 5.65 Å². The molecule has 0 amide bonds. The van der Waals surface area contributed by atoms with Crippen LogP contribution in [0.4, 0.5) is 0 Å². The molecule has 5 nitrogen and oxygen atoms in total. The second-order valence-electron chi connectivity index (χ2n) is 4.35. The van der Waals surface area contributed by atoms with Crippen molar-refractivity contribution < 1.29 is 9.53 Å². The highest BCUT2D eigenvalue weighted by Crippen LogP contribution is 2.23. The van der Waals surface area contributed by atoms with Gasteiger partial charge in [0.25, 0.3) is 0 Å². The summed E-state index contributed by atoms with van der Waals surface area (Å²) in [5, 5.41) is 9.07. The third-order valence-corrected chi connectivity index (χ3v) is 4.05. The number of hydrogen-bond acceptors (Lipinski definition) is 5. The summed E-state index contributed by atoms with van der Waals surface area (Å²) in [6.45, 7) is 0. The summed E-state index contributed by atoms with van der Waals surface area (Å²) in [7, 11) is 1.39. The fraction of sp³-hybridized carbons (Fsp3) is 0.133. The number of hydrogen-bond donors (Lipinski definition) is 0. The van der Waals surface area contributed by atoms with Crippen LogP contribution in [0.15, 0.2) is 53.8 Å². The number of fused-ring (bicyclic) bond motifs is 1. The van der Waals surface area contributed by atoms with Crippen molar-refractivity contribution in [3.05, 3.63) is 59.8 Å². The van der Waals surface area contributed by atoms with Crippen LogP contribution in [0.1, 0.15) is 15.9 Å². The first-order chi connectivity index (χ1) is 10.3. The maximum absolute atomic E-state index is 11.7. The predicted molar refractivity (Wildman–Crippen MR) is 80.3 cm³/mol. The maximum Gasteiger partial charge on any atom is 0.338 e. The van der Waals surface area contributed by atoms with Crippen molar-refractivity contribution in [1.82, 2.24) is 14.6 Å². The van der Waals surface area contributed by atoms with Crippen molar-refractivity contribution in [3.63, 3.8) is 0 Å². The molecular weight excluding hydrogens is 286 g/mol. The molecule has 1 aromatic carbocycles. The Morgan fingerprint density at radius 3 is 2.86 bits per heavy atom. The number of benzene rings is 1. The van der Waals surface area contributed by atoms with Gasteiger partial charge in [-0.1, -0.05) is 36.0 Å². The Kier molecular flexibility index (Phi) is 3.87. The number of thioether (sulfide) groups is 1. The monoisotopic (exact) mass is 299 g/mol. The van der Waals surface area contributed by atoms with Gasteiger partial charge in [-0.15, -0.1) is 10.2 Å². The van der Waals surface area contributed by atoms with Gasteiger partial charge >= 0.3 is 5.97 Å². The Hall–Kier alpha value is -2.34. The molecule has 0 bridgehead atoms. The topological polar surface area (TPSA) is 56.5 Å². The Morgan fingerprint density at radius 1 is 1.19 bits per heavy atom. The van der Waals surface area contributed by atoms with E-state index < -0.39 is 0 Å². The maximum atomic E-state index is 11.7. The second-order valence-corrected chi connectivity index (χ2v) is 5.29. The number of methoxy groups -OCH3 is 1. The average molecular weight is 299 g/mol. The lowest BCUT2D eigenvalue weighted by atomic mass is 10.1. The number of rotatable bonds is 4. The largest absolute Gasteiger partial charge is 0.465 e. The summed E-state index contributed by atoms with van der Waals surface area (Å²) in [6.07, 6.45) is 1.92. The van der Waals surface area contributed by atoms with Crippen LogP contribution in [0, 0.1) is 0 Å². The molecule has 0 aliphatic heterocycles. The molecule has 0 saturated carbocycles. The Morgan fingerprint density at radius 2 is 2.00 bits per heavy atom. The zero-order chi connectivity index (χ0) is 14.7. The smallest absolute Gasteiger partial charge is 0.338 e. The minimum absolute atomic E-state index is 0.322. The number of ether oxygens (including phenoxy) is 1. The van der Waals surface area contributed by atoms with Crippen molar-refractivity contribution in [2.45, 2.75) is 10.9 Å². The molecule has 0 spiro atoms. The molecule has 0 aliphatic carbocycles. The molecule has 0 atom stereocenters. The molecule has 2 aromatic heterocycles. The third kappa shape index (κ3) is 2.75. The molecule has 106 valence electrons. The molecule has 0 saturated heterocycles. The van der Waals surface area contributed by atoms with Crippen LogP contribution < -0.4 is 0 Å². The van der Waals surface area contributed by atoms with E-state index in [4.69, 9.17) is 4.74 Å². The third-order valence-electron chi connectivity index (χ3n) is 3.06. The Balaban J connectivity index is 1.84. The first-order valence-corrected chi connectivity index (χ1v) is 7.37. The molecule has 6 heteroatoms. The van der Waals surface area contributed by atoms with Gasteiger partial charge in [-0.3, -0.25) is 4.40 Å². The standard InChI is InChI=1S/C15H13N3O2S/c1-20-14(19)12-7-3-2-6-11(12)10-21-15-17-16-13-8-4-5-9-18(13)15/h2-9H,10H2,1H3. The first-order valence-electron chi connectivity index (χ1n) is 6.38. The van der Waals surface area contributed by atoms with Gasteiger partial charge in [0.1, 0.15) is 0 Å². The molecule has 0 fully saturated rings. The number of pyridine rings is 1. The SMILES string of the molecule is COC(=O)c1ccccc1CSc1nnc2ccccn12. The van der Waals surface area contributed by atoms with Crippen LogP contribution in [0.5, 0.6) is 0 Å². The fourth-order valence-electron chi connectivity index (χ4n) is 2.02. The summed E-state index contributed by atoms with van der Waals surface area (Å²) in [5.41, 5.74) is 2.31. The van der Waals surface area contributed by atoms with Gasteiger partial charge in [0.15, 0.2) is 10.8 Å². The number of carbonyl (C=O) groups is 1. The van der Waals surface area contributed by atoms with Crippen LogP contribution in [0.3, 0.4) is 0 Å². The first kappa shape index (κ1) is 13.6. The van der Waals surface area contributed by atoms with Crippen molar-refractivity contribution >= 4 is 23.4 Å². The quantitative estimate of drug-likeness (QED) is 0.547. The van der Waals surface area contributed by atoms with Crippen molar-refractivity contribution in [2.24, 2.45) is 0 Å². The Bertz CT molecular complexity index is 785. The van der Waals surface area contributed by atoms with E-state index >= 15 is 0 Å². The zero-order valence-corrected chi connectivity index (χ0v) is 12.2. The van der Waals surface area contributed by atoms with E-state index in [2.05, 4.69) is 10.2 Å². The van der Waals surface area contributed by atoms with Crippen molar-refractivity contribution in [2.75, 3.05) is 7.11 Å². The molecule has 0 unspecified atom stereocenters. The number of nitrogens with zero attached hydrogens (tertiary/aromatic N) is 3. The number of esters is 1. The van der Waals surface area contributed by atoms with E-state index in [1.807, 2.05) is 47.0 Å². The van der Waals surface area contributed by atoms with Crippen LogP contribution in [-0.4, -0.2) is 27.7 Å². The highest BCUT2D eigenvalue weighted by atomic mass is 32.2. The minimum Gasteiger partial charge on any atom is -0.465 e. The van der Waals surface area contributed by atoms with E-state index in [-0.39, 0.29) is 5.97 Å². The van der Waals surface area contributed by atoms with E-state index in [0.717, 1.165) is 16.4 Å². The van der Waals surface area contributed by atoms with Crippen LogP contribution >= 0.6 is 11.8 Å². The van der Waals surface area contributed by atoms with E-state index in [9.17, 15) is 4.79 Å². The van der Waals surface area contributed by atoms with E-state index in [1.54, 1.807) is 6.07 Å². The van der Waals surface area contributed by atoms with Gasteiger partial charge < -0.3 is 4.74 Å². The van der Waals surface area contributed by atoms with Gasteiger partial charge in [-0.2, -0.15) is 0 Å². The van der Waals surface area contributed by atoms with Gasteiger partial charge in [-0.05, 0) is 23.8 Å². The molecule has 0 radical (unpaired) electrons. The van der Waals surface area contributed by atoms with Gasteiger partial charge in [-0.25, -0.2) is 4.79 Å². The zero-order valence-electron chi connectivity index (χ0n) is 11.4. The Labute approximate surface area is 126 Å². The lowest BCUT2D eigenvalue weighted by Gasteiger charge is -2.06. The highest BCUT2D eigenvalue weighted by molar-refractivity contribution is 7.98. The van der Waals surface area contributed by atoms with Crippen molar-refractivity contribution in [3.8, 4) is 0 Å². The highest BCUT2D eigenvalue weighted by Gasteiger charge is 2.12. The van der Waals surface area contributed by atoms with Crippen LogP contribution in [0.2, 0.25) is 0 Å². The lowest BCUT2D eigenvalue weighted by molar-refractivity contribution is 0.0600. The van der Waals surface area contributed by atoms with Crippen LogP contribution in [-0.2, 0) is 10.5 Å². The minimum atomic E-state index is -0.322.